The van der Waals surface area contributed by atoms with Crippen LogP contribution in [0.1, 0.15) is 24.8 Å². The Morgan fingerprint density at radius 3 is 2.52 bits per heavy atom. The van der Waals surface area contributed by atoms with Gasteiger partial charge in [0.2, 0.25) is 5.91 Å². The number of aliphatic carboxylic acids is 1. The van der Waals surface area contributed by atoms with Crippen LogP contribution in [0.5, 0.6) is 11.5 Å². The van der Waals surface area contributed by atoms with Gasteiger partial charge in [0.1, 0.15) is 29.5 Å². The molecule has 0 spiro atoms. The van der Waals surface area contributed by atoms with Crippen molar-refractivity contribution in [3.8, 4) is 11.5 Å². The maximum atomic E-state index is 13.6. The highest BCUT2D eigenvalue weighted by Gasteiger charge is 2.46. The van der Waals surface area contributed by atoms with E-state index in [4.69, 9.17) is 14.6 Å². The molecule has 1 aliphatic rings. The first kappa shape index (κ1) is 24.5. The molecular weight excluding hydrogens is 431 g/mol. The first-order valence-corrected chi connectivity index (χ1v) is 10.7. The number of methoxy groups -OCH3 is 1. The van der Waals surface area contributed by atoms with Gasteiger partial charge in [-0.25, -0.2) is 4.39 Å². The van der Waals surface area contributed by atoms with Gasteiger partial charge in [-0.2, -0.15) is 0 Å². The zero-order valence-corrected chi connectivity index (χ0v) is 18.6. The third-order valence-electron chi connectivity index (χ3n) is 5.73. The lowest BCUT2D eigenvalue weighted by Crippen LogP contribution is -2.51. The number of halogens is 1. The van der Waals surface area contributed by atoms with Crippen LogP contribution >= 0.6 is 0 Å². The molecule has 178 valence electrons. The van der Waals surface area contributed by atoms with E-state index in [-0.39, 0.29) is 25.0 Å². The van der Waals surface area contributed by atoms with Gasteiger partial charge in [-0.15, -0.1) is 0 Å². The molecule has 0 heterocycles. The Morgan fingerprint density at radius 2 is 1.88 bits per heavy atom. The van der Waals surface area contributed by atoms with Crippen molar-refractivity contribution in [1.29, 1.82) is 0 Å². The zero-order chi connectivity index (χ0) is 24.0. The van der Waals surface area contributed by atoms with E-state index in [0.29, 0.717) is 6.54 Å². The Morgan fingerprint density at radius 1 is 1.15 bits per heavy atom. The molecular formula is C24H29FN2O6. The van der Waals surface area contributed by atoms with Gasteiger partial charge in [-0.3, -0.25) is 14.5 Å². The smallest absolute Gasteiger partial charge is 0.303 e. The maximum absolute atomic E-state index is 13.6. The average molecular weight is 461 g/mol. The maximum Gasteiger partial charge on any atom is 0.303 e. The van der Waals surface area contributed by atoms with Crippen molar-refractivity contribution in [3.05, 3.63) is 59.9 Å². The minimum Gasteiger partial charge on any atom is -0.497 e. The number of carbonyl (C=O) groups is 2. The van der Waals surface area contributed by atoms with Crippen LogP contribution in [-0.2, 0) is 16.1 Å². The number of amides is 1. The van der Waals surface area contributed by atoms with Gasteiger partial charge in [0.05, 0.1) is 25.6 Å². The molecule has 0 saturated heterocycles. The molecule has 0 aromatic heterocycles. The third kappa shape index (κ3) is 6.66. The molecule has 0 bridgehead atoms. The molecule has 9 heteroatoms. The topological polar surface area (TPSA) is 108 Å². The zero-order valence-electron chi connectivity index (χ0n) is 18.6. The largest absolute Gasteiger partial charge is 0.497 e. The molecule has 2 aromatic rings. The Balaban J connectivity index is 1.75. The van der Waals surface area contributed by atoms with Gasteiger partial charge >= 0.3 is 5.97 Å². The van der Waals surface area contributed by atoms with Crippen LogP contribution in [0.2, 0.25) is 0 Å². The molecule has 33 heavy (non-hydrogen) atoms. The Hall–Kier alpha value is -3.17. The van der Waals surface area contributed by atoms with Gasteiger partial charge in [-0.1, -0.05) is 18.2 Å². The second-order valence-corrected chi connectivity index (χ2v) is 8.16. The molecule has 3 N–H and O–H groups in total. The number of likely N-dealkylation sites (N-methyl/N-ethyl adjacent to an activating group) is 1. The summed E-state index contributed by atoms with van der Waals surface area (Å²) in [6.07, 6.45) is -1.81. The monoisotopic (exact) mass is 460 g/mol. The molecule has 8 nitrogen and oxygen atoms in total. The van der Waals surface area contributed by atoms with E-state index in [1.165, 1.54) is 18.2 Å². The molecule has 0 unspecified atom stereocenters. The van der Waals surface area contributed by atoms with Crippen molar-refractivity contribution in [2.75, 3.05) is 14.2 Å². The normalized spacial score (nSPS) is 22.2. The lowest BCUT2D eigenvalue weighted by Gasteiger charge is -2.32. The summed E-state index contributed by atoms with van der Waals surface area (Å²) in [5.74, 6) is -0.907. The molecule has 3 rings (SSSR count). The predicted molar refractivity (Wildman–Crippen MR) is 118 cm³/mol. The Bertz CT molecular complexity index is 954. The number of aliphatic hydroxyl groups is 1. The van der Waals surface area contributed by atoms with Gasteiger partial charge in [-0.05, 0) is 36.9 Å². The minimum atomic E-state index is -1.06. The molecule has 1 fully saturated rings. The summed E-state index contributed by atoms with van der Waals surface area (Å²) in [5.41, 5.74) is 0.982. The van der Waals surface area contributed by atoms with E-state index in [2.05, 4.69) is 5.32 Å². The summed E-state index contributed by atoms with van der Waals surface area (Å²) >= 11 is 0. The lowest BCUT2D eigenvalue weighted by atomic mass is 10.1. The summed E-state index contributed by atoms with van der Waals surface area (Å²) < 4.78 is 24.6. The fraction of sp³-hybridized carbons (Fsp3) is 0.417. The van der Waals surface area contributed by atoms with E-state index in [1.54, 1.807) is 13.2 Å². The van der Waals surface area contributed by atoms with Crippen molar-refractivity contribution < 1.29 is 33.7 Å². The minimum absolute atomic E-state index is 0.160. The van der Waals surface area contributed by atoms with E-state index in [0.717, 1.165) is 11.3 Å². The van der Waals surface area contributed by atoms with Gasteiger partial charge in [0.15, 0.2) is 0 Å². The fourth-order valence-electron chi connectivity index (χ4n) is 4.16. The number of aliphatic hydroxyl groups excluding tert-OH is 1. The molecule has 4 atom stereocenters. The first-order valence-electron chi connectivity index (χ1n) is 10.7. The van der Waals surface area contributed by atoms with Crippen molar-refractivity contribution in [2.45, 2.75) is 50.1 Å². The van der Waals surface area contributed by atoms with Crippen molar-refractivity contribution in [1.82, 2.24) is 10.2 Å². The van der Waals surface area contributed by atoms with E-state index in [9.17, 15) is 19.1 Å². The average Bonchev–Trinajstić information content (AvgIpc) is 3.07. The number of rotatable bonds is 10. The van der Waals surface area contributed by atoms with Crippen LogP contribution in [0.4, 0.5) is 4.39 Å². The standard InChI is InChI=1S/C24H29FN2O6/c1-27(14-15-6-8-17(32-2)9-7-15)23-19(26-21(28)10-11-22(29)30)13-20(24(23)31)33-18-5-3-4-16(25)12-18/h3-9,12,19-20,23-24,31H,10-11,13-14H2,1-2H3,(H,26,28)(H,29,30)/t19-,20-,23+,24+/m1/s1. The number of nitrogens with zero attached hydrogens (tertiary/aromatic N) is 1. The summed E-state index contributed by atoms with van der Waals surface area (Å²) in [6.45, 7) is 0.486. The second kappa shape index (κ2) is 11.1. The number of hydrogen-bond donors (Lipinski definition) is 3. The number of carboxylic acids is 1. The van der Waals surface area contributed by atoms with Crippen molar-refractivity contribution in [3.63, 3.8) is 0 Å². The fourth-order valence-corrected chi connectivity index (χ4v) is 4.16. The predicted octanol–water partition coefficient (Wildman–Crippen LogP) is 2.20. The molecule has 0 radical (unpaired) electrons. The van der Waals surface area contributed by atoms with Crippen LogP contribution in [0.15, 0.2) is 48.5 Å². The van der Waals surface area contributed by atoms with Gasteiger partial charge in [0.25, 0.3) is 0 Å². The van der Waals surface area contributed by atoms with Crippen LogP contribution in [-0.4, -0.2) is 65.4 Å². The number of benzene rings is 2. The summed E-state index contributed by atoms with van der Waals surface area (Å²) in [6, 6.07) is 12.2. The van der Waals surface area contributed by atoms with Gasteiger partial charge < -0.3 is 25.0 Å². The molecule has 1 amide bonds. The van der Waals surface area contributed by atoms with Crippen LogP contribution in [0.25, 0.3) is 0 Å². The number of nitrogens with one attached hydrogen (secondary N) is 1. The van der Waals surface area contributed by atoms with Crippen molar-refractivity contribution >= 4 is 11.9 Å². The number of hydrogen-bond acceptors (Lipinski definition) is 6. The number of ether oxygens (including phenoxy) is 2. The Labute approximate surface area is 191 Å². The summed E-state index contributed by atoms with van der Waals surface area (Å²) in [5, 5.41) is 22.8. The highest BCUT2D eigenvalue weighted by molar-refractivity contribution is 5.80. The Kier molecular flexibility index (Phi) is 8.24. The third-order valence-corrected chi connectivity index (χ3v) is 5.73. The van der Waals surface area contributed by atoms with E-state index in [1.807, 2.05) is 36.2 Å². The molecule has 1 aliphatic carbocycles. The highest BCUT2D eigenvalue weighted by Crippen LogP contribution is 2.30. The number of carboxylic acid groups (broad SMARTS) is 1. The van der Waals surface area contributed by atoms with E-state index >= 15 is 0 Å². The number of carbonyl (C=O) groups excluding carboxylic acids is 1. The van der Waals surface area contributed by atoms with Crippen molar-refractivity contribution in [2.24, 2.45) is 0 Å². The van der Waals surface area contributed by atoms with E-state index < -0.39 is 42.0 Å². The summed E-state index contributed by atoms with van der Waals surface area (Å²) in [4.78, 5) is 25.1. The molecule has 2 aromatic carbocycles. The summed E-state index contributed by atoms with van der Waals surface area (Å²) in [7, 11) is 3.42. The second-order valence-electron chi connectivity index (χ2n) is 8.16. The SMILES string of the molecule is COc1ccc(CN(C)[C@@H]2[C@@H](O)[C@H](Oc3cccc(F)c3)C[C@H]2NC(=O)CCC(=O)O)cc1. The van der Waals surface area contributed by atoms with Gasteiger partial charge in [0, 0.05) is 25.5 Å². The first-order chi connectivity index (χ1) is 15.8. The van der Waals surface area contributed by atoms with Crippen LogP contribution in [0.3, 0.4) is 0 Å². The lowest BCUT2D eigenvalue weighted by molar-refractivity contribution is -0.139. The van der Waals surface area contributed by atoms with Crippen LogP contribution in [0, 0.1) is 5.82 Å². The molecule has 0 aliphatic heterocycles. The quantitative estimate of drug-likeness (QED) is 0.499. The van der Waals surface area contributed by atoms with Crippen LogP contribution < -0.4 is 14.8 Å². The molecule has 1 saturated carbocycles. The highest BCUT2D eigenvalue weighted by atomic mass is 19.1.